The molecule has 4 rings (SSSR count). The zero-order valence-corrected chi connectivity index (χ0v) is 14.4. The summed E-state index contributed by atoms with van der Waals surface area (Å²) in [4.78, 5) is 43.9. The Labute approximate surface area is 151 Å². The average Bonchev–Trinajstić information content (AvgIpc) is 3.48. The molecule has 1 aromatic rings. The van der Waals surface area contributed by atoms with Crippen LogP contribution in [0.2, 0.25) is 0 Å². The quantitative estimate of drug-likeness (QED) is 0.767. The molecular weight excluding hydrogens is 336 g/mol. The molecule has 2 bridgehead atoms. The summed E-state index contributed by atoms with van der Waals surface area (Å²) in [6, 6.07) is 8.72. The number of amides is 4. The summed E-state index contributed by atoms with van der Waals surface area (Å²) in [6.45, 7) is 0.771. The van der Waals surface area contributed by atoms with Crippen LogP contribution in [-0.2, 0) is 21.0 Å². The lowest BCUT2D eigenvalue weighted by Gasteiger charge is -2.29. The number of hydroxylamine groups is 2. The molecule has 2 N–H and O–H groups in total. The van der Waals surface area contributed by atoms with Crippen LogP contribution in [0.4, 0.5) is 4.79 Å². The van der Waals surface area contributed by atoms with Crippen LogP contribution >= 0.6 is 0 Å². The average molecular weight is 358 g/mol. The smallest absolute Gasteiger partial charge is 0.309 e. The third-order valence-electron chi connectivity index (χ3n) is 5.10. The van der Waals surface area contributed by atoms with Crippen LogP contribution in [0, 0.1) is 5.92 Å². The first kappa shape index (κ1) is 16.8. The molecule has 2 unspecified atom stereocenters. The summed E-state index contributed by atoms with van der Waals surface area (Å²) >= 11 is 0. The molecule has 1 saturated carbocycles. The summed E-state index contributed by atoms with van der Waals surface area (Å²) in [5.41, 5.74) is 5.89. The fourth-order valence-corrected chi connectivity index (χ4v) is 3.44. The first-order valence-corrected chi connectivity index (χ1v) is 9.00. The van der Waals surface area contributed by atoms with E-state index >= 15 is 0 Å². The second-order valence-corrected chi connectivity index (χ2v) is 7.02. The van der Waals surface area contributed by atoms with Crippen molar-refractivity contribution >= 4 is 17.8 Å². The van der Waals surface area contributed by atoms with Crippen LogP contribution in [0.3, 0.4) is 0 Å². The molecule has 3 fully saturated rings. The van der Waals surface area contributed by atoms with Crippen molar-refractivity contribution in [1.82, 2.24) is 20.8 Å². The van der Waals surface area contributed by atoms with E-state index in [1.54, 1.807) is 0 Å². The van der Waals surface area contributed by atoms with E-state index in [0.717, 1.165) is 18.4 Å². The molecule has 8 nitrogen and oxygen atoms in total. The zero-order valence-electron chi connectivity index (χ0n) is 14.4. The minimum atomic E-state index is -0.580. The van der Waals surface area contributed by atoms with Gasteiger partial charge in [0.15, 0.2) is 0 Å². The predicted octanol–water partition coefficient (Wildman–Crippen LogP) is 0.944. The normalized spacial score (nSPS) is 24.5. The van der Waals surface area contributed by atoms with Crippen molar-refractivity contribution in [2.24, 2.45) is 5.92 Å². The Morgan fingerprint density at radius 3 is 2.50 bits per heavy atom. The summed E-state index contributed by atoms with van der Waals surface area (Å²) in [5, 5.41) is 1.39. The number of fused-ring (bicyclic) bond motifs is 2. The molecular formula is C18H22N4O4. The van der Waals surface area contributed by atoms with Gasteiger partial charge < -0.3 is 4.90 Å². The van der Waals surface area contributed by atoms with Gasteiger partial charge in [-0.15, -0.1) is 0 Å². The fourth-order valence-electron chi connectivity index (χ4n) is 3.44. The largest absolute Gasteiger partial charge is 0.345 e. The third-order valence-corrected chi connectivity index (χ3v) is 5.10. The van der Waals surface area contributed by atoms with Crippen molar-refractivity contribution in [2.75, 3.05) is 6.54 Å². The van der Waals surface area contributed by atoms with E-state index in [4.69, 9.17) is 4.84 Å². The van der Waals surface area contributed by atoms with E-state index < -0.39 is 6.04 Å². The Hall–Kier alpha value is -2.61. The summed E-state index contributed by atoms with van der Waals surface area (Å²) < 4.78 is 0. The third kappa shape index (κ3) is 3.37. The maximum atomic E-state index is 12.6. The van der Waals surface area contributed by atoms with Gasteiger partial charge in [-0.05, 0) is 31.2 Å². The molecule has 2 aliphatic heterocycles. The molecule has 1 aromatic carbocycles. The standard InChI is InChI=1S/C18H22N4O4/c23-16(13-6-7-13)19-20-17(24)15-9-8-14-10-21(15)18(25)22(14)26-11-12-4-2-1-3-5-12/h1-5,13-15H,6-11H2,(H,19,23)(H,20,24). The Morgan fingerprint density at radius 1 is 1.04 bits per heavy atom. The monoisotopic (exact) mass is 358 g/mol. The lowest BCUT2D eigenvalue weighted by Crippen LogP contribution is -2.54. The van der Waals surface area contributed by atoms with Crippen molar-refractivity contribution in [1.29, 1.82) is 0 Å². The fraction of sp³-hybridized carbons (Fsp3) is 0.500. The van der Waals surface area contributed by atoms with Gasteiger partial charge in [0, 0.05) is 12.5 Å². The number of carbonyl (C=O) groups excluding carboxylic acids is 3. The second kappa shape index (κ2) is 6.95. The van der Waals surface area contributed by atoms with E-state index in [1.165, 1.54) is 9.96 Å². The second-order valence-electron chi connectivity index (χ2n) is 7.02. The van der Waals surface area contributed by atoms with Gasteiger partial charge in [0.1, 0.15) is 12.6 Å². The topological polar surface area (TPSA) is 91.0 Å². The summed E-state index contributed by atoms with van der Waals surface area (Å²) in [7, 11) is 0. The van der Waals surface area contributed by atoms with Crippen molar-refractivity contribution in [3.63, 3.8) is 0 Å². The van der Waals surface area contributed by atoms with Gasteiger partial charge >= 0.3 is 6.03 Å². The number of piperidine rings is 1. The molecule has 4 amide bonds. The number of hydrazine groups is 1. The number of hydrogen-bond donors (Lipinski definition) is 2. The highest BCUT2D eigenvalue weighted by Gasteiger charge is 2.48. The highest BCUT2D eigenvalue weighted by atomic mass is 16.7. The first-order chi connectivity index (χ1) is 12.6. The number of rotatable bonds is 5. The molecule has 8 heteroatoms. The van der Waals surface area contributed by atoms with E-state index in [1.807, 2.05) is 30.3 Å². The molecule has 2 atom stereocenters. The highest BCUT2D eigenvalue weighted by Crippen LogP contribution is 2.31. The Bertz CT molecular complexity index is 706. The van der Waals surface area contributed by atoms with Crippen LogP contribution in [0.1, 0.15) is 31.2 Å². The number of benzene rings is 1. The summed E-state index contributed by atoms with van der Waals surface area (Å²) in [6.07, 6.45) is 2.97. The molecule has 1 aliphatic carbocycles. The van der Waals surface area contributed by atoms with Crippen LogP contribution < -0.4 is 10.9 Å². The molecule has 3 aliphatic rings. The van der Waals surface area contributed by atoms with Crippen LogP contribution in [0.25, 0.3) is 0 Å². The predicted molar refractivity (Wildman–Crippen MR) is 91.0 cm³/mol. The molecule has 0 spiro atoms. The summed E-state index contributed by atoms with van der Waals surface area (Å²) in [5.74, 6) is -0.496. The Morgan fingerprint density at radius 2 is 1.77 bits per heavy atom. The van der Waals surface area contributed by atoms with Crippen molar-refractivity contribution < 1.29 is 19.2 Å². The van der Waals surface area contributed by atoms with E-state index in [0.29, 0.717) is 26.0 Å². The highest BCUT2D eigenvalue weighted by molar-refractivity contribution is 5.90. The minimum Gasteiger partial charge on any atom is -0.309 e. The van der Waals surface area contributed by atoms with Gasteiger partial charge in [-0.25, -0.2) is 4.79 Å². The van der Waals surface area contributed by atoms with Gasteiger partial charge in [-0.3, -0.25) is 25.3 Å². The van der Waals surface area contributed by atoms with E-state index in [-0.39, 0.29) is 29.8 Å². The van der Waals surface area contributed by atoms with E-state index in [9.17, 15) is 14.4 Å². The molecule has 0 radical (unpaired) electrons. The van der Waals surface area contributed by atoms with Crippen molar-refractivity contribution in [2.45, 2.75) is 44.4 Å². The number of hydrogen-bond acceptors (Lipinski definition) is 4. The molecule has 0 aromatic heterocycles. The minimum absolute atomic E-state index is 0.0151. The Balaban J connectivity index is 1.33. The first-order valence-electron chi connectivity index (χ1n) is 9.00. The maximum absolute atomic E-state index is 12.6. The molecule has 26 heavy (non-hydrogen) atoms. The lowest BCUT2D eigenvalue weighted by molar-refractivity contribution is -0.140. The van der Waals surface area contributed by atoms with Gasteiger partial charge in [0.2, 0.25) is 5.91 Å². The zero-order chi connectivity index (χ0) is 18.1. The number of carbonyl (C=O) groups is 3. The SMILES string of the molecule is O=C(NNC(=O)C1CCC2CN1C(=O)N2OCc1ccccc1)C1CC1. The lowest BCUT2D eigenvalue weighted by atomic mass is 10.0. The number of nitrogens with one attached hydrogen (secondary N) is 2. The van der Waals surface area contributed by atoms with Crippen LogP contribution in [0.5, 0.6) is 0 Å². The van der Waals surface area contributed by atoms with Crippen LogP contribution in [0.15, 0.2) is 30.3 Å². The molecule has 2 heterocycles. The van der Waals surface area contributed by atoms with Crippen molar-refractivity contribution in [3.8, 4) is 0 Å². The maximum Gasteiger partial charge on any atom is 0.345 e. The number of nitrogens with zero attached hydrogens (tertiary/aromatic N) is 2. The van der Waals surface area contributed by atoms with Crippen LogP contribution in [-0.4, -0.2) is 46.4 Å². The number of urea groups is 1. The Kier molecular flexibility index (Phi) is 4.50. The molecule has 138 valence electrons. The van der Waals surface area contributed by atoms with Crippen molar-refractivity contribution in [3.05, 3.63) is 35.9 Å². The van der Waals surface area contributed by atoms with Gasteiger partial charge in [0.25, 0.3) is 5.91 Å². The van der Waals surface area contributed by atoms with E-state index in [2.05, 4.69) is 10.9 Å². The molecule has 2 saturated heterocycles. The van der Waals surface area contributed by atoms with Gasteiger partial charge in [-0.1, -0.05) is 30.3 Å². The van der Waals surface area contributed by atoms with Gasteiger partial charge in [0.05, 0.1) is 6.04 Å². The van der Waals surface area contributed by atoms with Gasteiger partial charge in [-0.2, -0.15) is 5.06 Å².